The minimum atomic E-state index is -0.0380. The summed E-state index contributed by atoms with van der Waals surface area (Å²) in [5.41, 5.74) is 14.7. The van der Waals surface area contributed by atoms with Gasteiger partial charge in [0.15, 0.2) is 0 Å². The fourth-order valence-corrected chi connectivity index (χ4v) is 8.97. The molecular formula is C46H32N2OS. The van der Waals surface area contributed by atoms with Crippen molar-refractivity contribution < 1.29 is 4.42 Å². The first-order valence-electron chi connectivity index (χ1n) is 17.0. The molecule has 0 N–H and O–H groups in total. The van der Waals surface area contributed by atoms with Crippen molar-refractivity contribution in [1.29, 1.82) is 0 Å². The van der Waals surface area contributed by atoms with Crippen LogP contribution in [0.15, 0.2) is 162 Å². The van der Waals surface area contributed by atoms with E-state index < -0.39 is 0 Å². The molecule has 0 unspecified atom stereocenters. The highest BCUT2D eigenvalue weighted by molar-refractivity contribution is 7.22. The van der Waals surface area contributed by atoms with E-state index in [2.05, 4.69) is 158 Å². The van der Waals surface area contributed by atoms with Gasteiger partial charge in [0.25, 0.3) is 0 Å². The van der Waals surface area contributed by atoms with Gasteiger partial charge in [-0.25, -0.2) is 4.98 Å². The number of hydrogen-bond acceptors (Lipinski definition) is 4. The molecule has 0 radical (unpaired) electrons. The fourth-order valence-electron chi connectivity index (χ4n) is 7.86. The molecule has 3 nitrogen and oxygen atoms in total. The largest absolute Gasteiger partial charge is 0.455 e. The first-order chi connectivity index (χ1) is 24.5. The van der Waals surface area contributed by atoms with Crippen molar-refractivity contribution >= 4 is 60.6 Å². The molecule has 2 heterocycles. The zero-order chi connectivity index (χ0) is 33.4. The summed E-state index contributed by atoms with van der Waals surface area (Å²) in [5, 5.41) is 3.20. The van der Waals surface area contributed by atoms with E-state index in [1.807, 2.05) is 18.2 Å². The molecule has 10 rings (SSSR count). The van der Waals surface area contributed by atoms with Crippen LogP contribution < -0.4 is 4.90 Å². The Labute approximate surface area is 294 Å². The van der Waals surface area contributed by atoms with Crippen LogP contribution in [0.5, 0.6) is 0 Å². The van der Waals surface area contributed by atoms with Gasteiger partial charge in [-0.2, -0.15) is 0 Å². The summed E-state index contributed by atoms with van der Waals surface area (Å²) < 4.78 is 7.76. The normalized spacial score (nSPS) is 13.2. The molecule has 50 heavy (non-hydrogen) atoms. The summed E-state index contributed by atoms with van der Waals surface area (Å²) in [6.45, 7) is 4.66. The quantitative estimate of drug-likeness (QED) is 0.184. The Balaban J connectivity index is 1.14. The minimum Gasteiger partial charge on any atom is -0.455 e. The van der Waals surface area contributed by atoms with Crippen LogP contribution in [0, 0.1) is 0 Å². The number of hydrogen-bond donors (Lipinski definition) is 0. The lowest BCUT2D eigenvalue weighted by atomic mass is 9.82. The maximum atomic E-state index is 6.63. The lowest BCUT2D eigenvalue weighted by Gasteiger charge is -2.27. The number of benzene rings is 7. The molecule has 1 aliphatic rings. The highest BCUT2D eigenvalue weighted by Crippen LogP contribution is 2.51. The second-order valence-electron chi connectivity index (χ2n) is 13.6. The van der Waals surface area contributed by atoms with Gasteiger partial charge in [0, 0.05) is 44.4 Å². The molecular weight excluding hydrogens is 629 g/mol. The van der Waals surface area contributed by atoms with Crippen LogP contribution in [0.3, 0.4) is 0 Å². The Kier molecular flexibility index (Phi) is 6.39. The molecule has 0 amide bonds. The van der Waals surface area contributed by atoms with E-state index >= 15 is 0 Å². The van der Waals surface area contributed by atoms with Crippen LogP contribution >= 0.6 is 11.3 Å². The van der Waals surface area contributed by atoms with Gasteiger partial charge in [0.1, 0.15) is 16.2 Å². The topological polar surface area (TPSA) is 29.3 Å². The molecule has 0 bridgehead atoms. The first-order valence-corrected chi connectivity index (χ1v) is 17.9. The highest BCUT2D eigenvalue weighted by atomic mass is 32.1. The van der Waals surface area contributed by atoms with E-state index in [0.717, 1.165) is 70.9 Å². The maximum absolute atomic E-state index is 6.63. The van der Waals surface area contributed by atoms with E-state index in [1.165, 1.54) is 22.3 Å². The summed E-state index contributed by atoms with van der Waals surface area (Å²) >= 11 is 1.72. The molecule has 0 fully saturated rings. The molecule has 2 aromatic heterocycles. The van der Waals surface area contributed by atoms with Gasteiger partial charge in [-0.3, -0.25) is 0 Å². The summed E-state index contributed by atoms with van der Waals surface area (Å²) in [6.07, 6.45) is 0. The van der Waals surface area contributed by atoms with Crippen LogP contribution in [0.2, 0.25) is 0 Å². The van der Waals surface area contributed by atoms with Gasteiger partial charge < -0.3 is 9.32 Å². The lowest BCUT2D eigenvalue weighted by Crippen LogP contribution is -2.15. The molecule has 0 spiro atoms. The Hall–Kier alpha value is -5.97. The summed E-state index contributed by atoms with van der Waals surface area (Å²) in [6, 6.07) is 56.3. The van der Waals surface area contributed by atoms with Gasteiger partial charge in [-0.1, -0.05) is 123 Å². The van der Waals surface area contributed by atoms with Gasteiger partial charge in [0.2, 0.25) is 0 Å². The smallest absolute Gasteiger partial charge is 0.144 e. The van der Waals surface area contributed by atoms with Crippen molar-refractivity contribution in [3.8, 4) is 32.8 Å². The zero-order valence-electron chi connectivity index (χ0n) is 27.7. The predicted octanol–water partition coefficient (Wildman–Crippen LogP) is 13.3. The number of furan rings is 1. The highest BCUT2D eigenvalue weighted by Gasteiger charge is 2.35. The second-order valence-corrected chi connectivity index (χ2v) is 14.6. The van der Waals surface area contributed by atoms with Gasteiger partial charge in [0.05, 0.1) is 10.2 Å². The van der Waals surface area contributed by atoms with Crippen LogP contribution in [0.4, 0.5) is 17.1 Å². The second kappa shape index (κ2) is 11.0. The molecule has 0 saturated carbocycles. The van der Waals surface area contributed by atoms with Crippen molar-refractivity contribution in [3.63, 3.8) is 0 Å². The number of para-hydroxylation sites is 2. The van der Waals surface area contributed by atoms with Gasteiger partial charge >= 0.3 is 0 Å². The number of thiazole rings is 1. The average Bonchev–Trinajstić information content (AvgIpc) is 3.82. The molecule has 1 aliphatic carbocycles. The number of nitrogens with zero attached hydrogens (tertiary/aromatic N) is 2. The Morgan fingerprint density at radius 1 is 0.560 bits per heavy atom. The summed E-state index contributed by atoms with van der Waals surface area (Å²) in [5.74, 6) is 0. The standard InChI is InChI=1S/C46H32N2OS/c1-46(2)38-19-11-9-17-34(38)36-27-33(25-26-39(36)46)48(31-15-7-4-8-16-31)32-23-21-29(22-24-32)42-43-37(35-18-10-12-20-41(35)49-43)28-40-44(42)50-45(47-40)30-13-5-3-6-14-30/h3-28H,1-2H3. The number of rotatable bonds is 5. The SMILES string of the molecule is CC1(C)c2ccccc2-c2cc(N(c3ccccc3)c3ccc(-c4c5oc6ccccc6c5cc5nc(-c6ccccc6)sc45)cc3)ccc21. The third-order valence-corrected chi connectivity index (χ3v) is 11.4. The fraction of sp³-hybridized carbons (Fsp3) is 0.0652. The Bertz CT molecular complexity index is 2720. The van der Waals surface area contributed by atoms with Gasteiger partial charge in [-0.15, -0.1) is 11.3 Å². The number of aromatic nitrogens is 1. The van der Waals surface area contributed by atoms with E-state index in [4.69, 9.17) is 9.40 Å². The molecule has 7 aromatic carbocycles. The number of anilines is 3. The Morgan fingerprint density at radius 3 is 2.04 bits per heavy atom. The molecule has 0 aliphatic heterocycles. The van der Waals surface area contributed by atoms with E-state index in [1.54, 1.807) is 11.3 Å². The van der Waals surface area contributed by atoms with Crippen LogP contribution in [-0.2, 0) is 5.41 Å². The van der Waals surface area contributed by atoms with Crippen molar-refractivity contribution in [2.45, 2.75) is 19.3 Å². The monoisotopic (exact) mass is 660 g/mol. The van der Waals surface area contributed by atoms with Crippen molar-refractivity contribution in [3.05, 3.63) is 169 Å². The molecule has 0 atom stereocenters. The molecule has 0 saturated heterocycles. The third-order valence-electron chi connectivity index (χ3n) is 10.3. The van der Waals surface area contributed by atoms with E-state index in [9.17, 15) is 0 Å². The van der Waals surface area contributed by atoms with Crippen molar-refractivity contribution in [2.75, 3.05) is 4.90 Å². The van der Waals surface area contributed by atoms with Crippen molar-refractivity contribution in [1.82, 2.24) is 4.98 Å². The lowest BCUT2D eigenvalue weighted by molar-refractivity contribution is 0.660. The summed E-state index contributed by atoms with van der Waals surface area (Å²) in [4.78, 5) is 7.51. The molecule has 9 aromatic rings. The van der Waals surface area contributed by atoms with E-state index in [0.29, 0.717) is 0 Å². The van der Waals surface area contributed by atoms with Gasteiger partial charge in [-0.05, 0) is 76.3 Å². The zero-order valence-corrected chi connectivity index (χ0v) is 28.5. The van der Waals surface area contributed by atoms with Crippen LogP contribution in [-0.4, -0.2) is 4.98 Å². The average molecular weight is 661 g/mol. The minimum absolute atomic E-state index is 0.0380. The van der Waals surface area contributed by atoms with Crippen LogP contribution in [0.25, 0.3) is 65.0 Å². The Morgan fingerprint density at radius 2 is 1.22 bits per heavy atom. The van der Waals surface area contributed by atoms with Crippen molar-refractivity contribution in [2.24, 2.45) is 0 Å². The van der Waals surface area contributed by atoms with Crippen LogP contribution in [0.1, 0.15) is 25.0 Å². The van der Waals surface area contributed by atoms with E-state index in [-0.39, 0.29) is 5.41 Å². The third kappa shape index (κ3) is 4.38. The number of fused-ring (bicyclic) bond motifs is 7. The molecule has 238 valence electrons. The first kappa shape index (κ1) is 29.0. The molecule has 4 heteroatoms. The maximum Gasteiger partial charge on any atom is 0.144 e. The summed E-state index contributed by atoms with van der Waals surface area (Å²) in [7, 11) is 0. The predicted molar refractivity (Wildman–Crippen MR) is 210 cm³/mol.